The maximum absolute atomic E-state index is 12.4. The molecule has 0 aliphatic heterocycles. The average molecular weight is 554 g/mol. The van der Waals surface area contributed by atoms with Gasteiger partial charge in [0.05, 0.1) is 10.9 Å². The highest BCUT2D eigenvalue weighted by Gasteiger charge is 2.34. The molecule has 0 bridgehead atoms. The quantitative estimate of drug-likeness (QED) is 0.138. The molecule has 0 spiro atoms. The van der Waals surface area contributed by atoms with Crippen molar-refractivity contribution in [3.05, 3.63) is 115 Å². The third-order valence-corrected chi connectivity index (χ3v) is 9.67. The van der Waals surface area contributed by atoms with Crippen LogP contribution in [-0.4, -0.2) is 18.2 Å². The van der Waals surface area contributed by atoms with E-state index in [9.17, 15) is 4.79 Å². The zero-order valence-electron chi connectivity index (χ0n) is 23.1. The molecule has 4 aromatic carbocycles. The Hall–Kier alpha value is -3.70. The van der Waals surface area contributed by atoms with Gasteiger partial charge < -0.3 is 14.2 Å². The zero-order chi connectivity index (χ0) is 27.6. The van der Waals surface area contributed by atoms with E-state index in [2.05, 4.69) is 79.7 Å². The van der Waals surface area contributed by atoms with Crippen molar-refractivity contribution in [3.8, 4) is 11.5 Å². The van der Waals surface area contributed by atoms with Gasteiger partial charge in [0.15, 0.2) is 21.3 Å². The topological polar surface area (TPSA) is 44.8 Å². The summed E-state index contributed by atoms with van der Waals surface area (Å²) in [5.41, 5.74) is 0.724. The van der Waals surface area contributed by atoms with Crippen LogP contribution in [0.5, 0.6) is 11.5 Å². The van der Waals surface area contributed by atoms with Crippen LogP contribution in [0.3, 0.4) is 0 Å². The van der Waals surface area contributed by atoms with Crippen LogP contribution in [0.4, 0.5) is 0 Å². The minimum Gasteiger partial charge on any atom is -0.489 e. The number of esters is 1. The summed E-state index contributed by atoms with van der Waals surface area (Å²) in [4.78, 5) is 16.3. The molecule has 1 saturated carbocycles. The molecule has 206 valence electrons. The Labute approximate surface area is 240 Å². The van der Waals surface area contributed by atoms with E-state index in [1.54, 1.807) is 0 Å². The number of hydrogen-bond acceptors (Lipinski definition) is 4. The fourth-order valence-corrected chi connectivity index (χ4v) is 7.26. The third-order valence-electron chi connectivity index (χ3n) is 7.44. The molecule has 4 nitrogen and oxygen atoms in total. The molecule has 0 radical (unpaired) electrons. The molecule has 1 fully saturated rings. The minimum atomic E-state index is -0.303. The molecule has 0 heterocycles. The molecule has 5 rings (SSSR count). The van der Waals surface area contributed by atoms with Crippen molar-refractivity contribution >= 4 is 16.9 Å². The molecule has 0 N–H and O–H groups in total. The highest BCUT2D eigenvalue weighted by atomic mass is 32.2. The maximum atomic E-state index is 12.4. The molecule has 0 aromatic heterocycles. The summed E-state index contributed by atoms with van der Waals surface area (Å²) < 4.78 is 17.6. The van der Waals surface area contributed by atoms with E-state index in [4.69, 9.17) is 14.2 Å². The Bertz CT molecular complexity index is 1290. The van der Waals surface area contributed by atoms with Crippen molar-refractivity contribution in [2.75, 3.05) is 6.61 Å². The highest BCUT2D eigenvalue weighted by molar-refractivity contribution is 7.97. The van der Waals surface area contributed by atoms with Gasteiger partial charge in [-0.2, -0.15) is 0 Å². The van der Waals surface area contributed by atoms with E-state index in [1.807, 2.05) is 36.4 Å². The van der Waals surface area contributed by atoms with Gasteiger partial charge in [0.25, 0.3) is 0 Å². The Balaban J connectivity index is 1.14. The van der Waals surface area contributed by atoms with Crippen LogP contribution in [0, 0.1) is 0 Å². The zero-order valence-corrected chi connectivity index (χ0v) is 23.9. The standard InChI is InChI=1S/C35H37O4S/c1-2-35(24-10-5-11-25-35)39-34(36)27-38-29-18-16-28(17-19-29)26-37-30-20-22-33(23-21-30)40(31-12-6-3-7-13-31)32-14-8-4-9-15-32/h3-4,6-9,12-23H,2,5,10-11,24-27H2,1H3/q+1. The molecule has 4 aromatic rings. The molecule has 0 amide bonds. The second kappa shape index (κ2) is 13.6. The fraction of sp³-hybridized carbons (Fsp3) is 0.286. The van der Waals surface area contributed by atoms with Crippen LogP contribution in [0.2, 0.25) is 0 Å². The number of benzene rings is 4. The summed E-state index contributed by atoms with van der Waals surface area (Å²) in [5.74, 6) is 1.18. The summed E-state index contributed by atoms with van der Waals surface area (Å²) >= 11 is 0. The minimum absolute atomic E-state index is 0.0719. The van der Waals surface area contributed by atoms with Gasteiger partial charge in [-0.15, -0.1) is 0 Å². The smallest absolute Gasteiger partial charge is 0.344 e. The number of carbonyl (C=O) groups is 1. The Kier molecular flexibility index (Phi) is 9.46. The molecular weight excluding hydrogens is 516 g/mol. The fourth-order valence-electron chi connectivity index (χ4n) is 5.18. The Morgan fingerprint density at radius 3 is 1.77 bits per heavy atom. The first-order chi connectivity index (χ1) is 19.6. The molecule has 40 heavy (non-hydrogen) atoms. The number of rotatable bonds is 11. The van der Waals surface area contributed by atoms with Gasteiger partial charge >= 0.3 is 5.97 Å². The summed E-state index contributed by atoms with van der Waals surface area (Å²) in [5, 5.41) is 0. The lowest BCUT2D eigenvalue weighted by molar-refractivity contribution is -0.166. The van der Waals surface area contributed by atoms with E-state index >= 15 is 0 Å². The van der Waals surface area contributed by atoms with Crippen LogP contribution in [0.25, 0.3) is 0 Å². The SMILES string of the molecule is CCC1(OC(=O)COc2ccc(COc3ccc([S+](c4ccccc4)c4ccccc4)cc3)cc2)CCCCC1. The second-order valence-electron chi connectivity index (χ2n) is 10.2. The van der Waals surface area contributed by atoms with Crippen molar-refractivity contribution in [2.24, 2.45) is 0 Å². The molecule has 1 aliphatic carbocycles. The predicted octanol–water partition coefficient (Wildman–Crippen LogP) is 8.40. The molecule has 0 atom stereocenters. The van der Waals surface area contributed by atoms with Gasteiger partial charge in [-0.1, -0.05) is 61.9 Å². The highest BCUT2D eigenvalue weighted by Crippen LogP contribution is 2.35. The van der Waals surface area contributed by atoms with Crippen molar-refractivity contribution in [3.63, 3.8) is 0 Å². The van der Waals surface area contributed by atoms with Crippen molar-refractivity contribution in [2.45, 2.75) is 72.3 Å². The monoisotopic (exact) mass is 553 g/mol. The lowest BCUT2D eigenvalue weighted by Gasteiger charge is -2.35. The van der Waals surface area contributed by atoms with Crippen molar-refractivity contribution < 1.29 is 19.0 Å². The van der Waals surface area contributed by atoms with Gasteiger partial charge in [0.2, 0.25) is 0 Å². The van der Waals surface area contributed by atoms with Crippen LogP contribution < -0.4 is 9.47 Å². The molecule has 0 unspecified atom stereocenters. The largest absolute Gasteiger partial charge is 0.489 e. The lowest BCUT2D eigenvalue weighted by Crippen LogP contribution is -2.38. The first kappa shape index (κ1) is 27.9. The number of hydrogen-bond donors (Lipinski definition) is 0. The van der Waals surface area contributed by atoms with E-state index < -0.39 is 0 Å². The molecular formula is C35H37O4S+. The molecule has 0 saturated heterocycles. The lowest BCUT2D eigenvalue weighted by atomic mass is 9.83. The van der Waals surface area contributed by atoms with Gasteiger partial charge in [0.1, 0.15) is 23.7 Å². The maximum Gasteiger partial charge on any atom is 0.344 e. The Morgan fingerprint density at radius 2 is 1.20 bits per heavy atom. The van der Waals surface area contributed by atoms with Crippen molar-refractivity contribution in [1.29, 1.82) is 0 Å². The van der Waals surface area contributed by atoms with E-state index in [-0.39, 0.29) is 29.1 Å². The number of ether oxygens (including phenoxy) is 3. The average Bonchev–Trinajstić information content (AvgIpc) is 3.02. The summed E-state index contributed by atoms with van der Waals surface area (Å²) in [6.07, 6.45) is 6.23. The third kappa shape index (κ3) is 7.28. The van der Waals surface area contributed by atoms with Gasteiger partial charge in [0, 0.05) is 0 Å². The number of carbonyl (C=O) groups excluding carboxylic acids is 1. The predicted molar refractivity (Wildman–Crippen MR) is 160 cm³/mol. The first-order valence-electron chi connectivity index (χ1n) is 14.1. The van der Waals surface area contributed by atoms with E-state index in [0.29, 0.717) is 12.4 Å². The van der Waals surface area contributed by atoms with Crippen LogP contribution in [0.1, 0.15) is 51.0 Å². The second-order valence-corrected chi connectivity index (χ2v) is 12.2. The molecule has 5 heteroatoms. The summed E-state index contributed by atoms with van der Waals surface area (Å²) in [6, 6.07) is 37.3. The first-order valence-corrected chi connectivity index (χ1v) is 15.4. The summed E-state index contributed by atoms with van der Waals surface area (Å²) in [7, 11) is -0.179. The van der Waals surface area contributed by atoms with Crippen LogP contribution in [0.15, 0.2) is 124 Å². The van der Waals surface area contributed by atoms with Gasteiger partial charge in [-0.3, -0.25) is 0 Å². The van der Waals surface area contributed by atoms with Crippen LogP contribution >= 0.6 is 0 Å². The van der Waals surface area contributed by atoms with Crippen LogP contribution in [-0.2, 0) is 27.0 Å². The Morgan fingerprint density at radius 1 is 0.675 bits per heavy atom. The van der Waals surface area contributed by atoms with Gasteiger partial charge in [-0.05, 0) is 98.3 Å². The van der Waals surface area contributed by atoms with E-state index in [1.165, 1.54) is 21.1 Å². The molecule has 1 aliphatic rings. The van der Waals surface area contributed by atoms with Crippen molar-refractivity contribution in [1.82, 2.24) is 0 Å². The normalized spacial score (nSPS) is 14.4. The van der Waals surface area contributed by atoms with Gasteiger partial charge in [-0.25, -0.2) is 4.79 Å². The summed E-state index contributed by atoms with van der Waals surface area (Å²) in [6.45, 7) is 2.47. The van der Waals surface area contributed by atoms with E-state index in [0.717, 1.165) is 43.4 Å².